The monoisotopic (exact) mass is 268 g/mol. The molecule has 0 fully saturated rings. The average Bonchev–Trinajstić information content (AvgIpc) is 2.43. The van der Waals surface area contributed by atoms with Crippen LogP contribution in [0.3, 0.4) is 0 Å². The lowest BCUT2D eigenvalue weighted by Gasteiger charge is -2.11. The summed E-state index contributed by atoms with van der Waals surface area (Å²) >= 11 is 0. The number of rotatable bonds is 4. The van der Waals surface area contributed by atoms with Crippen LogP contribution < -0.4 is 4.74 Å². The topological polar surface area (TPSA) is 26.3 Å². The van der Waals surface area contributed by atoms with Crippen molar-refractivity contribution in [2.45, 2.75) is 27.2 Å². The summed E-state index contributed by atoms with van der Waals surface area (Å²) in [6.45, 7) is 5.95. The van der Waals surface area contributed by atoms with Crippen LogP contribution >= 0.6 is 0 Å². The highest BCUT2D eigenvalue weighted by Gasteiger charge is 2.13. The SMILES string of the molecule is COc1cc(C)c(C(=O)Cc2ccccc2C)cc1C. The van der Waals surface area contributed by atoms with Gasteiger partial charge in [0.15, 0.2) is 5.78 Å². The average molecular weight is 268 g/mol. The van der Waals surface area contributed by atoms with Gasteiger partial charge in [-0.3, -0.25) is 4.79 Å². The van der Waals surface area contributed by atoms with Crippen molar-refractivity contribution in [2.75, 3.05) is 7.11 Å². The van der Waals surface area contributed by atoms with E-state index >= 15 is 0 Å². The highest BCUT2D eigenvalue weighted by molar-refractivity contribution is 5.99. The maximum absolute atomic E-state index is 12.5. The lowest BCUT2D eigenvalue weighted by molar-refractivity contribution is 0.0992. The van der Waals surface area contributed by atoms with Crippen LogP contribution in [0.15, 0.2) is 36.4 Å². The highest BCUT2D eigenvalue weighted by Crippen LogP contribution is 2.24. The predicted octanol–water partition coefficient (Wildman–Crippen LogP) is 4.05. The summed E-state index contributed by atoms with van der Waals surface area (Å²) in [5, 5.41) is 0. The molecular formula is C18H20O2. The van der Waals surface area contributed by atoms with Crippen LogP contribution in [0.1, 0.15) is 32.6 Å². The second kappa shape index (κ2) is 5.91. The van der Waals surface area contributed by atoms with E-state index < -0.39 is 0 Å². The summed E-state index contributed by atoms with van der Waals surface area (Å²) < 4.78 is 5.29. The third-order valence-electron chi connectivity index (χ3n) is 3.65. The van der Waals surface area contributed by atoms with Gasteiger partial charge >= 0.3 is 0 Å². The number of hydrogen-bond donors (Lipinski definition) is 0. The summed E-state index contributed by atoms with van der Waals surface area (Å²) in [4.78, 5) is 12.5. The Morgan fingerprint density at radius 3 is 2.35 bits per heavy atom. The molecule has 104 valence electrons. The molecule has 0 N–H and O–H groups in total. The van der Waals surface area contributed by atoms with Gasteiger partial charge in [0.2, 0.25) is 0 Å². The van der Waals surface area contributed by atoms with Crippen LogP contribution in [-0.2, 0) is 6.42 Å². The Labute approximate surface area is 120 Å². The molecule has 0 spiro atoms. The van der Waals surface area contributed by atoms with E-state index in [-0.39, 0.29) is 5.78 Å². The Balaban J connectivity index is 2.30. The van der Waals surface area contributed by atoms with Crippen molar-refractivity contribution < 1.29 is 9.53 Å². The Kier molecular flexibility index (Phi) is 4.23. The number of benzene rings is 2. The fourth-order valence-electron chi connectivity index (χ4n) is 2.39. The largest absolute Gasteiger partial charge is 0.496 e. The first-order valence-electron chi connectivity index (χ1n) is 6.76. The summed E-state index contributed by atoms with van der Waals surface area (Å²) in [7, 11) is 1.65. The normalized spacial score (nSPS) is 10.4. The standard InChI is InChI=1S/C18H20O2/c1-12-7-5-6-8-15(12)11-17(19)16-9-14(3)18(20-4)10-13(16)2/h5-10H,11H2,1-4H3. The second-order valence-electron chi connectivity index (χ2n) is 5.16. The van der Waals surface area contributed by atoms with E-state index in [0.29, 0.717) is 6.42 Å². The molecule has 2 heteroatoms. The second-order valence-corrected chi connectivity index (χ2v) is 5.16. The summed E-state index contributed by atoms with van der Waals surface area (Å²) in [5.74, 6) is 0.984. The van der Waals surface area contributed by atoms with Gasteiger partial charge in [-0.25, -0.2) is 0 Å². The Morgan fingerprint density at radius 1 is 1.00 bits per heavy atom. The van der Waals surface area contributed by atoms with E-state index in [1.54, 1.807) is 7.11 Å². The maximum Gasteiger partial charge on any atom is 0.167 e. The molecule has 0 atom stereocenters. The van der Waals surface area contributed by atoms with Crippen LogP contribution in [0.4, 0.5) is 0 Å². The molecule has 0 aromatic heterocycles. The first-order chi connectivity index (χ1) is 9.52. The Morgan fingerprint density at radius 2 is 1.70 bits per heavy atom. The summed E-state index contributed by atoms with van der Waals surface area (Å²) in [6.07, 6.45) is 0.444. The van der Waals surface area contributed by atoms with Crippen molar-refractivity contribution >= 4 is 5.78 Å². The Bertz CT molecular complexity index is 642. The lowest BCUT2D eigenvalue weighted by atomic mass is 9.95. The van der Waals surface area contributed by atoms with E-state index in [2.05, 4.69) is 0 Å². The minimum atomic E-state index is 0.155. The van der Waals surface area contributed by atoms with Crippen LogP contribution in [0.5, 0.6) is 5.75 Å². The van der Waals surface area contributed by atoms with E-state index in [9.17, 15) is 4.79 Å². The van der Waals surface area contributed by atoms with Gasteiger partial charge in [0.25, 0.3) is 0 Å². The number of methoxy groups -OCH3 is 1. The number of hydrogen-bond acceptors (Lipinski definition) is 2. The highest BCUT2D eigenvalue weighted by atomic mass is 16.5. The fraction of sp³-hybridized carbons (Fsp3) is 0.278. The van der Waals surface area contributed by atoms with Crippen molar-refractivity contribution in [1.82, 2.24) is 0 Å². The number of carbonyl (C=O) groups is 1. The molecule has 0 aliphatic carbocycles. The first-order valence-corrected chi connectivity index (χ1v) is 6.76. The molecule has 0 aliphatic heterocycles. The molecule has 0 heterocycles. The maximum atomic E-state index is 12.5. The predicted molar refractivity (Wildman–Crippen MR) is 81.7 cm³/mol. The quantitative estimate of drug-likeness (QED) is 0.782. The van der Waals surface area contributed by atoms with Crippen molar-refractivity contribution in [3.8, 4) is 5.75 Å². The molecule has 0 radical (unpaired) electrons. The zero-order valence-corrected chi connectivity index (χ0v) is 12.5. The summed E-state index contributed by atoms with van der Waals surface area (Å²) in [5.41, 5.74) is 4.98. The lowest BCUT2D eigenvalue weighted by Crippen LogP contribution is -2.07. The number of ketones is 1. The van der Waals surface area contributed by atoms with Crippen molar-refractivity contribution in [3.05, 3.63) is 64.2 Å². The van der Waals surface area contributed by atoms with Gasteiger partial charge in [-0.2, -0.15) is 0 Å². The zero-order valence-electron chi connectivity index (χ0n) is 12.5. The molecule has 0 saturated heterocycles. The fourth-order valence-corrected chi connectivity index (χ4v) is 2.39. The van der Waals surface area contributed by atoms with Gasteiger partial charge in [0.1, 0.15) is 5.75 Å². The van der Waals surface area contributed by atoms with Gasteiger partial charge in [0, 0.05) is 12.0 Å². The zero-order chi connectivity index (χ0) is 14.7. The number of aryl methyl sites for hydroxylation is 3. The summed E-state index contributed by atoms with van der Waals surface area (Å²) in [6, 6.07) is 11.9. The Hall–Kier alpha value is -2.09. The van der Waals surface area contributed by atoms with Crippen molar-refractivity contribution in [3.63, 3.8) is 0 Å². The van der Waals surface area contributed by atoms with Crippen LogP contribution in [0, 0.1) is 20.8 Å². The van der Waals surface area contributed by atoms with Gasteiger partial charge in [-0.1, -0.05) is 24.3 Å². The number of Topliss-reactive ketones (excluding diaryl/α,β-unsaturated/α-hetero) is 1. The van der Waals surface area contributed by atoms with Crippen LogP contribution in [0.25, 0.3) is 0 Å². The van der Waals surface area contributed by atoms with Crippen LogP contribution in [-0.4, -0.2) is 12.9 Å². The molecule has 0 amide bonds. The number of carbonyl (C=O) groups excluding carboxylic acids is 1. The molecule has 0 unspecified atom stereocenters. The third kappa shape index (κ3) is 2.90. The number of ether oxygens (including phenoxy) is 1. The molecule has 2 rings (SSSR count). The van der Waals surface area contributed by atoms with Gasteiger partial charge in [-0.15, -0.1) is 0 Å². The molecule has 0 saturated carbocycles. The van der Waals surface area contributed by atoms with E-state index in [1.165, 1.54) is 0 Å². The van der Waals surface area contributed by atoms with E-state index in [1.807, 2.05) is 57.2 Å². The van der Waals surface area contributed by atoms with Gasteiger partial charge < -0.3 is 4.74 Å². The molecular weight excluding hydrogens is 248 g/mol. The van der Waals surface area contributed by atoms with Crippen LogP contribution in [0.2, 0.25) is 0 Å². The minimum absolute atomic E-state index is 0.155. The third-order valence-corrected chi connectivity index (χ3v) is 3.65. The van der Waals surface area contributed by atoms with Crippen molar-refractivity contribution in [1.29, 1.82) is 0 Å². The molecule has 2 nitrogen and oxygen atoms in total. The van der Waals surface area contributed by atoms with Gasteiger partial charge in [0.05, 0.1) is 7.11 Å². The molecule has 0 bridgehead atoms. The smallest absolute Gasteiger partial charge is 0.167 e. The van der Waals surface area contributed by atoms with E-state index in [4.69, 9.17) is 4.74 Å². The first kappa shape index (κ1) is 14.3. The van der Waals surface area contributed by atoms with E-state index in [0.717, 1.165) is 33.6 Å². The minimum Gasteiger partial charge on any atom is -0.496 e. The molecule has 20 heavy (non-hydrogen) atoms. The van der Waals surface area contributed by atoms with Gasteiger partial charge in [-0.05, 0) is 55.2 Å². The van der Waals surface area contributed by atoms with Crippen molar-refractivity contribution in [2.24, 2.45) is 0 Å². The molecule has 2 aromatic rings. The molecule has 2 aromatic carbocycles. The molecule has 0 aliphatic rings.